The monoisotopic (exact) mass is 402 g/mol. The highest BCUT2D eigenvalue weighted by atomic mass is 32.1. The smallest absolute Gasteiger partial charge is 0.253 e. The van der Waals surface area contributed by atoms with Crippen LogP contribution in [0.2, 0.25) is 0 Å². The third-order valence-electron chi connectivity index (χ3n) is 5.60. The molecule has 0 fully saturated rings. The van der Waals surface area contributed by atoms with E-state index in [0.29, 0.717) is 13.1 Å². The summed E-state index contributed by atoms with van der Waals surface area (Å²) in [6.07, 6.45) is 1.64. The van der Waals surface area contributed by atoms with E-state index in [1.54, 1.807) is 11.3 Å². The fraction of sp³-hybridized carbons (Fsp3) is 0.261. The summed E-state index contributed by atoms with van der Waals surface area (Å²) in [6.45, 7) is 3.41. The number of aromatic nitrogens is 3. The second-order valence-corrected chi connectivity index (χ2v) is 8.71. The molecular formula is C23H22N4OS. The number of nitrogens with zero attached hydrogens (tertiary/aromatic N) is 4. The average molecular weight is 403 g/mol. The maximum absolute atomic E-state index is 13.2. The summed E-state index contributed by atoms with van der Waals surface area (Å²) in [5.74, 6) is 0.0972. The number of aryl methyl sites for hydroxylation is 2. The molecule has 5 rings (SSSR count). The minimum atomic E-state index is 0.0972. The standard InChI is InChI=1S/C23H22N4OS/c1-15-24-19-9-8-17(14-21(19)29-15)23(28)27-12-10-18-20(11-13-27)26(2)25-22(18)16-6-4-3-5-7-16/h3-9,14H,10-13H2,1-2H3. The third kappa shape index (κ3) is 3.23. The fourth-order valence-corrected chi connectivity index (χ4v) is 5.03. The van der Waals surface area contributed by atoms with Crippen LogP contribution in [0.1, 0.15) is 26.6 Å². The summed E-state index contributed by atoms with van der Waals surface area (Å²) in [4.78, 5) is 19.7. The van der Waals surface area contributed by atoms with Gasteiger partial charge in [-0.15, -0.1) is 11.3 Å². The maximum atomic E-state index is 13.2. The van der Waals surface area contributed by atoms with Crippen molar-refractivity contribution in [1.82, 2.24) is 19.7 Å². The highest BCUT2D eigenvalue weighted by Crippen LogP contribution is 2.29. The lowest BCUT2D eigenvalue weighted by molar-refractivity contribution is 0.0762. The van der Waals surface area contributed by atoms with Crippen molar-refractivity contribution in [3.63, 3.8) is 0 Å². The van der Waals surface area contributed by atoms with Crippen molar-refractivity contribution in [3.8, 4) is 11.3 Å². The predicted octanol–water partition coefficient (Wildman–Crippen LogP) is 4.25. The Balaban J connectivity index is 1.42. The number of carbonyl (C=O) groups is 1. The van der Waals surface area contributed by atoms with Crippen molar-refractivity contribution in [1.29, 1.82) is 0 Å². The topological polar surface area (TPSA) is 51.0 Å². The van der Waals surface area contributed by atoms with Gasteiger partial charge in [0.1, 0.15) is 0 Å². The Morgan fingerprint density at radius 1 is 1.07 bits per heavy atom. The average Bonchev–Trinajstić information content (AvgIpc) is 3.17. The van der Waals surface area contributed by atoms with Crippen LogP contribution < -0.4 is 0 Å². The first-order valence-corrected chi connectivity index (χ1v) is 10.7. The van der Waals surface area contributed by atoms with Gasteiger partial charge < -0.3 is 4.90 Å². The molecule has 2 aromatic heterocycles. The molecule has 0 N–H and O–H groups in total. The normalized spacial score (nSPS) is 14.1. The molecule has 0 aliphatic carbocycles. The van der Waals surface area contributed by atoms with Crippen LogP contribution in [0.15, 0.2) is 48.5 Å². The fourth-order valence-electron chi connectivity index (χ4n) is 4.16. The summed E-state index contributed by atoms with van der Waals surface area (Å²) < 4.78 is 3.06. The van der Waals surface area contributed by atoms with E-state index < -0.39 is 0 Å². The second kappa shape index (κ2) is 7.12. The Morgan fingerprint density at radius 2 is 1.86 bits per heavy atom. The lowest BCUT2D eigenvalue weighted by atomic mass is 10.0. The number of hydrogen-bond acceptors (Lipinski definition) is 4. The molecule has 5 nitrogen and oxygen atoms in total. The molecule has 3 heterocycles. The Labute approximate surface area is 173 Å². The molecule has 0 unspecified atom stereocenters. The van der Waals surface area contributed by atoms with Gasteiger partial charge in [-0.25, -0.2) is 4.98 Å². The van der Waals surface area contributed by atoms with E-state index in [2.05, 4.69) is 17.1 Å². The van der Waals surface area contributed by atoms with E-state index in [-0.39, 0.29) is 5.91 Å². The number of fused-ring (bicyclic) bond motifs is 2. The summed E-state index contributed by atoms with van der Waals surface area (Å²) in [5.41, 5.74) is 6.38. The molecule has 0 saturated heterocycles. The Kier molecular flexibility index (Phi) is 4.43. The third-order valence-corrected chi connectivity index (χ3v) is 6.54. The molecule has 0 spiro atoms. The number of carbonyl (C=O) groups excluding carboxylic acids is 1. The van der Waals surface area contributed by atoms with Crippen LogP contribution in [0.5, 0.6) is 0 Å². The van der Waals surface area contributed by atoms with Crippen LogP contribution >= 0.6 is 11.3 Å². The maximum Gasteiger partial charge on any atom is 0.253 e. The Morgan fingerprint density at radius 3 is 2.69 bits per heavy atom. The molecule has 1 amide bonds. The Hall–Kier alpha value is -2.99. The van der Waals surface area contributed by atoms with Gasteiger partial charge in [0.15, 0.2) is 0 Å². The number of thiazole rings is 1. The van der Waals surface area contributed by atoms with Crippen molar-refractivity contribution in [2.75, 3.05) is 13.1 Å². The van der Waals surface area contributed by atoms with Gasteiger partial charge >= 0.3 is 0 Å². The van der Waals surface area contributed by atoms with Gasteiger partial charge in [0, 0.05) is 48.9 Å². The second-order valence-electron chi connectivity index (χ2n) is 7.47. The van der Waals surface area contributed by atoms with E-state index in [9.17, 15) is 4.79 Å². The zero-order valence-corrected chi connectivity index (χ0v) is 17.4. The van der Waals surface area contributed by atoms with Crippen LogP contribution in [-0.4, -0.2) is 38.7 Å². The molecular weight excluding hydrogens is 380 g/mol. The van der Waals surface area contributed by atoms with Gasteiger partial charge in [0.2, 0.25) is 0 Å². The van der Waals surface area contributed by atoms with Gasteiger partial charge in [0.05, 0.1) is 20.9 Å². The van der Waals surface area contributed by atoms with Gasteiger partial charge in [-0.2, -0.15) is 5.10 Å². The molecule has 4 aromatic rings. The predicted molar refractivity (Wildman–Crippen MR) is 116 cm³/mol. The summed E-state index contributed by atoms with van der Waals surface area (Å²) in [5, 5.41) is 5.80. The van der Waals surface area contributed by atoms with E-state index in [1.165, 1.54) is 11.3 Å². The number of rotatable bonds is 2. The van der Waals surface area contributed by atoms with Crippen molar-refractivity contribution in [2.45, 2.75) is 19.8 Å². The first-order chi connectivity index (χ1) is 14.1. The van der Waals surface area contributed by atoms with Gasteiger partial charge in [-0.1, -0.05) is 30.3 Å². The van der Waals surface area contributed by atoms with E-state index >= 15 is 0 Å². The largest absolute Gasteiger partial charge is 0.338 e. The molecule has 6 heteroatoms. The zero-order valence-electron chi connectivity index (χ0n) is 16.6. The molecule has 0 saturated carbocycles. The number of hydrogen-bond donors (Lipinski definition) is 0. The molecule has 29 heavy (non-hydrogen) atoms. The van der Waals surface area contributed by atoms with E-state index in [0.717, 1.165) is 44.9 Å². The van der Waals surface area contributed by atoms with Gasteiger partial charge in [-0.05, 0) is 31.5 Å². The minimum Gasteiger partial charge on any atom is -0.338 e. The number of benzene rings is 2. The zero-order chi connectivity index (χ0) is 20.0. The minimum absolute atomic E-state index is 0.0972. The van der Waals surface area contributed by atoms with Crippen molar-refractivity contribution in [3.05, 3.63) is 70.4 Å². The lowest BCUT2D eigenvalue weighted by Crippen LogP contribution is -2.33. The van der Waals surface area contributed by atoms with Crippen molar-refractivity contribution in [2.24, 2.45) is 7.05 Å². The summed E-state index contributed by atoms with van der Waals surface area (Å²) >= 11 is 1.63. The SMILES string of the molecule is Cc1nc2ccc(C(=O)N3CCc4c(-c5ccccc5)nn(C)c4CC3)cc2s1. The van der Waals surface area contributed by atoms with Crippen LogP contribution in [0.3, 0.4) is 0 Å². The molecule has 0 radical (unpaired) electrons. The molecule has 1 aliphatic rings. The molecule has 1 aliphatic heterocycles. The summed E-state index contributed by atoms with van der Waals surface area (Å²) in [7, 11) is 2.00. The highest BCUT2D eigenvalue weighted by Gasteiger charge is 2.25. The molecule has 146 valence electrons. The molecule has 2 aromatic carbocycles. The van der Waals surface area contributed by atoms with E-state index in [1.807, 2.05) is 60.0 Å². The van der Waals surface area contributed by atoms with Crippen LogP contribution in [0, 0.1) is 6.92 Å². The summed E-state index contributed by atoms with van der Waals surface area (Å²) in [6, 6.07) is 16.1. The quantitative estimate of drug-likeness (QED) is 0.504. The van der Waals surface area contributed by atoms with Crippen molar-refractivity contribution < 1.29 is 4.79 Å². The number of amides is 1. The van der Waals surface area contributed by atoms with Crippen LogP contribution in [0.4, 0.5) is 0 Å². The first-order valence-electron chi connectivity index (χ1n) is 9.87. The van der Waals surface area contributed by atoms with Crippen LogP contribution in [-0.2, 0) is 19.9 Å². The van der Waals surface area contributed by atoms with E-state index in [4.69, 9.17) is 5.10 Å². The molecule has 0 atom stereocenters. The molecule has 0 bridgehead atoms. The van der Waals surface area contributed by atoms with Gasteiger partial charge in [0.25, 0.3) is 5.91 Å². The first kappa shape index (κ1) is 18.1. The van der Waals surface area contributed by atoms with Crippen LogP contribution in [0.25, 0.3) is 21.5 Å². The Bertz CT molecular complexity index is 1210. The highest BCUT2D eigenvalue weighted by molar-refractivity contribution is 7.18. The lowest BCUT2D eigenvalue weighted by Gasteiger charge is -2.20. The van der Waals surface area contributed by atoms with Gasteiger partial charge in [-0.3, -0.25) is 9.48 Å². The van der Waals surface area contributed by atoms with Crippen molar-refractivity contribution >= 4 is 27.5 Å².